The minimum absolute atomic E-state index is 0. The molecule has 4 atom stereocenters. The van der Waals surface area contributed by atoms with Gasteiger partial charge >= 0.3 is 5.97 Å². The maximum absolute atomic E-state index is 10.8. The fourth-order valence-corrected chi connectivity index (χ4v) is 5.19. The monoisotopic (exact) mass is 420 g/mol. The number of aliphatic hydroxyl groups is 1. The molecular formula is C26H44O4. The summed E-state index contributed by atoms with van der Waals surface area (Å²) < 4.78 is 5.53. The van der Waals surface area contributed by atoms with Crippen LogP contribution in [0.15, 0.2) is 18.2 Å². The van der Waals surface area contributed by atoms with E-state index in [-0.39, 0.29) is 20.1 Å². The van der Waals surface area contributed by atoms with Crippen LogP contribution in [0.5, 0.6) is 5.75 Å². The molecule has 0 heterocycles. The third kappa shape index (κ3) is 7.30. The summed E-state index contributed by atoms with van der Waals surface area (Å²) in [5.74, 6) is 1.92. The summed E-state index contributed by atoms with van der Waals surface area (Å²) in [5.41, 5.74) is 2.55. The molecular weight excluding hydrogens is 376 g/mol. The molecule has 0 aromatic heterocycles. The molecule has 4 heteroatoms. The predicted molar refractivity (Wildman–Crippen MR) is 124 cm³/mol. The van der Waals surface area contributed by atoms with Gasteiger partial charge in [-0.3, -0.25) is 0 Å². The van der Waals surface area contributed by atoms with Gasteiger partial charge in [0.15, 0.2) is 6.61 Å². The number of fused-ring (bicyclic) bond motifs is 2. The van der Waals surface area contributed by atoms with Crippen LogP contribution in [0.25, 0.3) is 0 Å². The molecule has 2 N–H and O–H groups in total. The van der Waals surface area contributed by atoms with Crippen LogP contribution in [-0.2, 0) is 17.6 Å². The molecule has 0 amide bonds. The van der Waals surface area contributed by atoms with E-state index in [1.807, 2.05) is 26.0 Å². The molecule has 2 aliphatic carbocycles. The van der Waals surface area contributed by atoms with Gasteiger partial charge in [0, 0.05) is 0 Å². The second-order valence-corrected chi connectivity index (χ2v) is 8.47. The number of hydrogen-bond acceptors (Lipinski definition) is 3. The molecule has 0 saturated heterocycles. The van der Waals surface area contributed by atoms with Crippen LogP contribution in [0.1, 0.15) is 90.7 Å². The molecule has 1 aromatic rings. The molecule has 0 spiro atoms. The molecule has 30 heavy (non-hydrogen) atoms. The second-order valence-electron chi connectivity index (χ2n) is 8.47. The zero-order valence-electron chi connectivity index (χ0n) is 18.5. The lowest BCUT2D eigenvalue weighted by Crippen LogP contribution is -2.26. The number of hydrogen-bond donors (Lipinski definition) is 2. The largest absolute Gasteiger partial charge is 0.482 e. The van der Waals surface area contributed by atoms with Crippen LogP contribution >= 0.6 is 0 Å². The van der Waals surface area contributed by atoms with Gasteiger partial charge in [0.1, 0.15) is 5.75 Å². The Labute approximate surface area is 184 Å². The first-order chi connectivity index (χ1) is 14.1. The first kappa shape index (κ1) is 26.5. The Hall–Kier alpha value is -1.55. The number of benzene rings is 1. The van der Waals surface area contributed by atoms with Crippen LogP contribution in [-0.4, -0.2) is 28.9 Å². The molecule has 3 rings (SSSR count). The van der Waals surface area contributed by atoms with Crippen molar-refractivity contribution in [3.05, 3.63) is 29.3 Å². The Morgan fingerprint density at radius 2 is 1.93 bits per heavy atom. The molecule has 1 aromatic carbocycles. The lowest BCUT2D eigenvalue weighted by Gasteiger charge is -2.32. The molecule has 0 radical (unpaired) electrons. The van der Waals surface area contributed by atoms with Crippen molar-refractivity contribution in [3.63, 3.8) is 0 Å². The van der Waals surface area contributed by atoms with E-state index in [1.54, 1.807) is 0 Å². The van der Waals surface area contributed by atoms with Gasteiger partial charge in [0.05, 0.1) is 6.10 Å². The average molecular weight is 421 g/mol. The van der Waals surface area contributed by atoms with Gasteiger partial charge < -0.3 is 14.9 Å². The van der Waals surface area contributed by atoms with Gasteiger partial charge in [0.25, 0.3) is 0 Å². The predicted octanol–water partition coefficient (Wildman–Crippen LogP) is 6.27. The number of unbranched alkanes of at least 4 members (excludes halogenated alkanes) is 2. The van der Waals surface area contributed by atoms with E-state index in [2.05, 4.69) is 13.0 Å². The average Bonchev–Trinajstić information content (AvgIpc) is 3.12. The topological polar surface area (TPSA) is 66.8 Å². The van der Waals surface area contributed by atoms with Crippen molar-refractivity contribution < 1.29 is 19.7 Å². The maximum atomic E-state index is 10.8. The van der Waals surface area contributed by atoms with E-state index in [0.717, 1.165) is 44.3 Å². The van der Waals surface area contributed by atoms with Gasteiger partial charge in [-0.2, -0.15) is 0 Å². The zero-order valence-corrected chi connectivity index (χ0v) is 18.5. The Kier molecular flexibility index (Phi) is 12.1. The highest BCUT2D eigenvalue weighted by Gasteiger charge is 2.39. The molecule has 1 fully saturated rings. The van der Waals surface area contributed by atoms with Crippen molar-refractivity contribution in [1.29, 1.82) is 0 Å². The highest BCUT2D eigenvalue weighted by Crippen LogP contribution is 2.48. The first-order valence-corrected chi connectivity index (χ1v) is 11.7. The number of aliphatic carboxylic acids is 1. The number of carboxylic acids is 1. The van der Waals surface area contributed by atoms with Crippen molar-refractivity contribution in [1.82, 2.24) is 0 Å². The van der Waals surface area contributed by atoms with Crippen molar-refractivity contribution in [2.75, 3.05) is 6.61 Å². The van der Waals surface area contributed by atoms with Crippen LogP contribution in [0.2, 0.25) is 0 Å². The van der Waals surface area contributed by atoms with Crippen molar-refractivity contribution in [2.45, 2.75) is 98.5 Å². The highest BCUT2D eigenvalue weighted by atomic mass is 16.5. The van der Waals surface area contributed by atoms with Crippen molar-refractivity contribution in [3.8, 4) is 5.75 Å². The zero-order chi connectivity index (χ0) is 21.2. The van der Waals surface area contributed by atoms with Crippen LogP contribution in [0.3, 0.4) is 0 Å². The lowest BCUT2D eigenvalue weighted by atomic mass is 9.73. The third-order valence-electron chi connectivity index (χ3n) is 6.63. The van der Waals surface area contributed by atoms with Crippen LogP contribution < -0.4 is 4.74 Å². The standard InChI is InChI=1S/C23H34O4.C2H6.CH4/c1-2-3-4-7-19(24)12-11-16-9-10-18-14-21-17(13-20(16)18)6-5-8-22(21)27-15-23(25)26;1-2;/h5-6,8,16,18-20,24H,2-4,7,9-15H2,1H3,(H,25,26);1-2H3;1H4. The number of carboxylic acid groups (broad SMARTS) is 1. The van der Waals surface area contributed by atoms with Gasteiger partial charge in [-0.05, 0) is 79.9 Å². The minimum atomic E-state index is -0.931. The Morgan fingerprint density at radius 3 is 2.63 bits per heavy atom. The Bertz CT molecular complexity index is 627. The highest BCUT2D eigenvalue weighted by molar-refractivity contribution is 5.68. The summed E-state index contributed by atoms with van der Waals surface area (Å²) in [6.45, 7) is 5.92. The first-order valence-electron chi connectivity index (χ1n) is 11.7. The normalized spacial score (nSPS) is 22.6. The maximum Gasteiger partial charge on any atom is 0.341 e. The smallest absolute Gasteiger partial charge is 0.341 e. The molecule has 4 nitrogen and oxygen atoms in total. The van der Waals surface area contributed by atoms with Gasteiger partial charge in [-0.15, -0.1) is 0 Å². The number of rotatable bonds is 10. The summed E-state index contributed by atoms with van der Waals surface area (Å²) in [4.78, 5) is 10.8. The van der Waals surface area contributed by atoms with E-state index in [0.29, 0.717) is 17.8 Å². The Morgan fingerprint density at radius 1 is 1.17 bits per heavy atom. The Balaban J connectivity index is 0.00000146. The van der Waals surface area contributed by atoms with E-state index < -0.39 is 5.97 Å². The fourth-order valence-electron chi connectivity index (χ4n) is 5.19. The van der Waals surface area contributed by atoms with E-state index in [9.17, 15) is 9.90 Å². The van der Waals surface area contributed by atoms with E-state index >= 15 is 0 Å². The summed E-state index contributed by atoms with van der Waals surface area (Å²) in [5, 5.41) is 19.2. The van der Waals surface area contributed by atoms with Crippen molar-refractivity contribution >= 4 is 5.97 Å². The lowest BCUT2D eigenvalue weighted by molar-refractivity contribution is -0.139. The van der Waals surface area contributed by atoms with E-state index in [4.69, 9.17) is 9.84 Å². The van der Waals surface area contributed by atoms with Gasteiger partial charge in [-0.1, -0.05) is 59.6 Å². The summed E-state index contributed by atoms with van der Waals surface area (Å²) in [6.07, 6.45) is 11.0. The number of carbonyl (C=O) groups is 1. The molecule has 1 saturated carbocycles. The third-order valence-corrected chi connectivity index (χ3v) is 6.63. The van der Waals surface area contributed by atoms with Gasteiger partial charge in [-0.25, -0.2) is 4.79 Å². The summed E-state index contributed by atoms with van der Waals surface area (Å²) in [7, 11) is 0. The quantitative estimate of drug-likeness (QED) is 0.437. The minimum Gasteiger partial charge on any atom is -0.482 e. The van der Waals surface area contributed by atoms with Gasteiger partial charge in [0.2, 0.25) is 0 Å². The van der Waals surface area contributed by atoms with Crippen LogP contribution in [0.4, 0.5) is 0 Å². The molecule has 0 bridgehead atoms. The molecule has 2 aliphatic rings. The second kappa shape index (κ2) is 13.7. The molecule has 4 unspecified atom stereocenters. The van der Waals surface area contributed by atoms with E-state index in [1.165, 1.54) is 36.8 Å². The van der Waals surface area contributed by atoms with Crippen molar-refractivity contribution in [2.24, 2.45) is 17.8 Å². The summed E-state index contributed by atoms with van der Waals surface area (Å²) in [6, 6.07) is 6.06. The van der Waals surface area contributed by atoms with Crippen LogP contribution in [0, 0.1) is 17.8 Å². The number of ether oxygens (including phenoxy) is 1. The summed E-state index contributed by atoms with van der Waals surface area (Å²) >= 11 is 0. The number of aliphatic hydroxyl groups excluding tert-OH is 1. The molecule has 172 valence electrons. The molecule has 0 aliphatic heterocycles. The fraction of sp³-hybridized carbons (Fsp3) is 0.731. The SMILES string of the molecule is C.CC.CCCCCC(O)CCC1CCC2Cc3c(cccc3OCC(=O)O)CC12.